The van der Waals surface area contributed by atoms with Crippen LogP contribution in [0.25, 0.3) is 16.7 Å². The zero-order valence-electron chi connectivity index (χ0n) is 20.8. The molecule has 0 bridgehead atoms. The van der Waals surface area contributed by atoms with Crippen LogP contribution < -0.4 is 9.47 Å². The molecule has 0 atom stereocenters. The summed E-state index contributed by atoms with van der Waals surface area (Å²) < 4.78 is 12.8. The molecule has 1 amide bonds. The number of nitrogens with zero attached hydrogens (tertiary/aromatic N) is 3. The summed E-state index contributed by atoms with van der Waals surface area (Å²) in [4.78, 5) is 20.6. The second-order valence-corrected chi connectivity index (χ2v) is 8.99. The number of ether oxygens (including phenoxy) is 2. The zero-order valence-corrected chi connectivity index (χ0v) is 21.5. The summed E-state index contributed by atoms with van der Waals surface area (Å²) >= 11 is 6.34. The molecule has 0 aliphatic carbocycles. The van der Waals surface area contributed by atoms with Gasteiger partial charge in [0.25, 0.3) is 5.91 Å². The number of hydrogen-bond donors (Lipinski definition) is 0. The molecule has 0 saturated heterocycles. The van der Waals surface area contributed by atoms with E-state index in [1.165, 1.54) is 0 Å². The van der Waals surface area contributed by atoms with E-state index in [0.717, 1.165) is 51.6 Å². The first kappa shape index (κ1) is 24.6. The molecule has 0 aliphatic heterocycles. The summed E-state index contributed by atoms with van der Waals surface area (Å²) in [6.07, 6.45) is 0.828. The van der Waals surface area contributed by atoms with Crippen LogP contribution in [0.3, 0.4) is 0 Å². The molecular weight excluding hydrogens is 462 g/mol. The smallest absolute Gasteiger partial charge is 0.254 e. The molecule has 4 rings (SSSR count). The molecule has 7 heteroatoms. The van der Waals surface area contributed by atoms with Crippen molar-refractivity contribution >= 4 is 28.5 Å². The van der Waals surface area contributed by atoms with Crippen molar-refractivity contribution < 1.29 is 14.3 Å². The van der Waals surface area contributed by atoms with Crippen molar-refractivity contribution in [2.75, 3.05) is 20.8 Å². The van der Waals surface area contributed by atoms with Crippen molar-refractivity contribution in [1.82, 2.24) is 14.5 Å². The van der Waals surface area contributed by atoms with Crippen molar-refractivity contribution in [2.24, 2.45) is 0 Å². The van der Waals surface area contributed by atoms with Gasteiger partial charge in [0.15, 0.2) is 0 Å². The molecule has 35 heavy (non-hydrogen) atoms. The number of aryl methyl sites for hydroxylation is 2. The van der Waals surface area contributed by atoms with Crippen LogP contribution in [-0.2, 0) is 6.54 Å². The highest BCUT2D eigenvalue weighted by molar-refractivity contribution is 6.31. The minimum atomic E-state index is -0.0177. The highest BCUT2D eigenvalue weighted by atomic mass is 35.5. The lowest BCUT2D eigenvalue weighted by Crippen LogP contribution is -2.33. The standard InChI is InChI=1S/C28H30ClN3O3/c1-6-13-31(28(33)27-18(2)14-23(35-5)15-19(27)3)17-26-30-24-12-7-20(29)16-25(24)32(26)21-8-10-22(34-4)11-9-21/h7-12,14-16H,6,13,17H2,1-5H3. The van der Waals surface area contributed by atoms with Gasteiger partial charge in [-0.15, -0.1) is 0 Å². The highest BCUT2D eigenvalue weighted by Crippen LogP contribution is 2.28. The molecule has 1 aromatic heterocycles. The monoisotopic (exact) mass is 491 g/mol. The Hall–Kier alpha value is -3.51. The van der Waals surface area contributed by atoms with Crippen LogP contribution >= 0.6 is 11.6 Å². The molecule has 1 heterocycles. The van der Waals surface area contributed by atoms with Gasteiger partial charge in [-0.2, -0.15) is 0 Å². The second kappa shape index (κ2) is 10.4. The van der Waals surface area contributed by atoms with Crippen LogP contribution in [0.4, 0.5) is 0 Å². The molecule has 0 saturated carbocycles. The number of carbonyl (C=O) groups excluding carboxylic acids is 1. The molecule has 0 spiro atoms. The van der Waals surface area contributed by atoms with Crippen molar-refractivity contribution in [3.8, 4) is 17.2 Å². The fourth-order valence-corrected chi connectivity index (χ4v) is 4.62. The van der Waals surface area contributed by atoms with E-state index in [2.05, 4.69) is 11.5 Å². The fraction of sp³-hybridized carbons (Fsp3) is 0.286. The van der Waals surface area contributed by atoms with Crippen molar-refractivity contribution in [1.29, 1.82) is 0 Å². The minimum absolute atomic E-state index is 0.0177. The average molecular weight is 492 g/mol. The minimum Gasteiger partial charge on any atom is -0.497 e. The Morgan fingerprint density at radius 1 is 0.971 bits per heavy atom. The number of hydrogen-bond acceptors (Lipinski definition) is 4. The van der Waals surface area contributed by atoms with Crippen LogP contribution in [0.1, 0.15) is 40.7 Å². The topological polar surface area (TPSA) is 56.6 Å². The lowest BCUT2D eigenvalue weighted by Gasteiger charge is -2.24. The summed E-state index contributed by atoms with van der Waals surface area (Å²) in [5.74, 6) is 2.26. The summed E-state index contributed by atoms with van der Waals surface area (Å²) in [5.41, 5.74) is 5.12. The predicted molar refractivity (Wildman–Crippen MR) is 140 cm³/mol. The first-order chi connectivity index (χ1) is 16.9. The highest BCUT2D eigenvalue weighted by Gasteiger charge is 2.23. The van der Waals surface area contributed by atoms with E-state index in [4.69, 9.17) is 26.1 Å². The molecule has 0 unspecified atom stereocenters. The van der Waals surface area contributed by atoms with E-state index in [9.17, 15) is 4.79 Å². The van der Waals surface area contributed by atoms with Gasteiger partial charge in [-0.05, 0) is 86.0 Å². The van der Waals surface area contributed by atoms with Crippen LogP contribution in [-0.4, -0.2) is 41.1 Å². The van der Waals surface area contributed by atoms with Crippen molar-refractivity contribution in [3.05, 3.63) is 82.1 Å². The molecule has 4 aromatic rings. The van der Waals surface area contributed by atoms with E-state index < -0.39 is 0 Å². The molecule has 0 radical (unpaired) electrons. The van der Waals surface area contributed by atoms with Crippen LogP contribution in [0.5, 0.6) is 11.5 Å². The summed E-state index contributed by atoms with van der Waals surface area (Å²) in [5, 5.41) is 0.629. The molecule has 3 aromatic carbocycles. The molecule has 0 fully saturated rings. The first-order valence-electron chi connectivity index (χ1n) is 11.6. The van der Waals surface area contributed by atoms with Crippen LogP contribution in [0, 0.1) is 13.8 Å². The predicted octanol–water partition coefficient (Wildman–Crippen LogP) is 6.37. The maximum absolute atomic E-state index is 13.8. The molecule has 182 valence electrons. The number of amides is 1. The molecule has 0 N–H and O–H groups in total. The quantitative estimate of drug-likeness (QED) is 0.287. The van der Waals surface area contributed by atoms with Gasteiger partial charge in [0.05, 0.1) is 31.8 Å². The SMILES string of the molecule is CCCN(Cc1nc2ccc(Cl)cc2n1-c1ccc(OC)cc1)C(=O)c1c(C)cc(OC)cc1C. The Kier molecular flexibility index (Phi) is 7.31. The lowest BCUT2D eigenvalue weighted by atomic mass is 10.0. The zero-order chi connectivity index (χ0) is 25.1. The molecular formula is C28H30ClN3O3. The number of aromatic nitrogens is 2. The Morgan fingerprint density at radius 2 is 1.63 bits per heavy atom. The fourth-order valence-electron chi connectivity index (χ4n) is 4.45. The molecule has 0 aliphatic rings. The molecule has 6 nitrogen and oxygen atoms in total. The van der Waals surface area contributed by atoms with Gasteiger partial charge in [0, 0.05) is 22.8 Å². The van der Waals surface area contributed by atoms with Gasteiger partial charge >= 0.3 is 0 Å². The maximum atomic E-state index is 13.8. The van der Waals surface area contributed by atoms with E-state index in [1.54, 1.807) is 14.2 Å². The maximum Gasteiger partial charge on any atom is 0.254 e. The summed E-state index contributed by atoms with van der Waals surface area (Å²) in [6, 6.07) is 17.2. The van der Waals surface area contributed by atoms with Gasteiger partial charge < -0.3 is 14.4 Å². The number of rotatable bonds is 8. The number of imidazole rings is 1. The summed E-state index contributed by atoms with van der Waals surface area (Å²) in [6.45, 7) is 6.93. The van der Waals surface area contributed by atoms with E-state index in [1.807, 2.05) is 73.3 Å². The third-order valence-electron chi connectivity index (χ3n) is 6.09. The van der Waals surface area contributed by atoms with Crippen LogP contribution in [0.15, 0.2) is 54.6 Å². The number of halogens is 1. The van der Waals surface area contributed by atoms with Crippen molar-refractivity contribution in [2.45, 2.75) is 33.7 Å². The van der Waals surface area contributed by atoms with Gasteiger partial charge in [-0.1, -0.05) is 18.5 Å². The van der Waals surface area contributed by atoms with Crippen LogP contribution in [0.2, 0.25) is 5.02 Å². The second-order valence-electron chi connectivity index (χ2n) is 8.56. The number of methoxy groups -OCH3 is 2. The Morgan fingerprint density at radius 3 is 2.23 bits per heavy atom. The Balaban J connectivity index is 1.79. The van der Waals surface area contributed by atoms with E-state index in [0.29, 0.717) is 23.7 Å². The van der Waals surface area contributed by atoms with Gasteiger partial charge in [0.1, 0.15) is 17.3 Å². The third-order valence-corrected chi connectivity index (χ3v) is 6.32. The van der Waals surface area contributed by atoms with Gasteiger partial charge in [0.2, 0.25) is 0 Å². The Bertz CT molecular complexity index is 1340. The number of fused-ring (bicyclic) bond motifs is 1. The van der Waals surface area contributed by atoms with E-state index >= 15 is 0 Å². The summed E-state index contributed by atoms with van der Waals surface area (Å²) in [7, 11) is 3.28. The van der Waals surface area contributed by atoms with E-state index in [-0.39, 0.29) is 5.91 Å². The number of benzene rings is 3. The normalized spacial score (nSPS) is 11.0. The third kappa shape index (κ3) is 4.98. The van der Waals surface area contributed by atoms with Crippen molar-refractivity contribution in [3.63, 3.8) is 0 Å². The van der Waals surface area contributed by atoms with Gasteiger partial charge in [-0.3, -0.25) is 9.36 Å². The Labute approximate surface area is 211 Å². The van der Waals surface area contributed by atoms with Gasteiger partial charge in [-0.25, -0.2) is 4.98 Å². The largest absolute Gasteiger partial charge is 0.497 e. The lowest BCUT2D eigenvalue weighted by molar-refractivity contribution is 0.0737. The first-order valence-corrected chi connectivity index (χ1v) is 12.0. The average Bonchev–Trinajstić information content (AvgIpc) is 3.20. The number of carbonyl (C=O) groups is 1.